The van der Waals surface area contributed by atoms with Crippen LogP contribution in [0.2, 0.25) is 0 Å². The number of hydrogen-bond acceptors (Lipinski definition) is 6. The summed E-state index contributed by atoms with van der Waals surface area (Å²) in [5.74, 6) is 0.676. The van der Waals surface area contributed by atoms with Crippen molar-refractivity contribution in [2.24, 2.45) is 5.10 Å². The number of benzene rings is 2. The molecule has 0 unspecified atom stereocenters. The minimum absolute atomic E-state index is 0.0183. The lowest BCUT2D eigenvalue weighted by Gasteiger charge is -2.15. The number of ether oxygens (including phenoxy) is 1. The van der Waals surface area contributed by atoms with Gasteiger partial charge in [0.05, 0.1) is 32.6 Å². The van der Waals surface area contributed by atoms with Crippen molar-refractivity contribution in [3.8, 4) is 5.75 Å². The Morgan fingerprint density at radius 2 is 1.94 bits per heavy atom. The van der Waals surface area contributed by atoms with Gasteiger partial charge in [-0.15, -0.1) is 0 Å². The summed E-state index contributed by atoms with van der Waals surface area (Å²) < 4.78 is 8.22. The number of nitrogens with zero attached hydrogens (tertiary/aromatic N) is 4. The molecule has 0 N–H and O–H groups in total. The van der Waals surface area contributed by atoms with E-state index in [1.807, 2.05) is 33.8 Å². The van der Waals surface area contributed by atoms with E-state index >= 15 is 0 Å². The Kier molecular flexibility index (Phi) is 8.01. The third kappa shape index (κ3) is 5.50. The van der Waals surface area contributed by atoms with Crippen LogP contribution in [-0.4, -0.2) is 26.9 Å². The Bertz CT molecular complexity index is 1290. The summed E-state index contributed by atoms with van der Waals surface area (Å²) in [6.45, 7) is 7.77. The zero-order chi connectivity index (χ0) is 24.3. The van der Waals surface area contributed by atoms with E-state index in [0.29, 0.717) is 33.2 Å². The van der Waals surface area contributed by atoms with Gasteiger partial charge < -0.3 is 4.74 Å². The highest BCUT2D eigenvalue weighted by Gasteiger charge is 2.22. The quantitative estimate of drug-likeness (QED) is 0.174. The first-order valence-electron chi connectivity index (χ1n) is 10.6. The second-order valence-electron chi connectivity index (χ2n) is 7.75. The molecule has 0 saturated carbocycles. The van der Waals surface area contributed by atoms with Crippen molar-refractivity contribution in [2.45, 2.75) is 52.6 Å². The molecule has 1 aromatic heterocycles. The normalized spacial score (nSPS) is 13.4. The number of aromatic nitrogens is 2. The first kappa shape index (κ1) is 25.0. The predicted octanol–water partition coefficient (Wildman–Crippen LogP) is 6.40. The van der Waals surface area contributed by atoms with Crippen LogP contribution in [0.5, 0.6) is 5.75 Å². The van der Waals surface area contributed by atoms with Gasteiger partial charge in [-0.25, -0.2) is 4.98 Å². The van der Waals surface area contributed by atoms with Gasteiger partial charge >= 0.3 is 5.69 Å². The summed E-state index contributed by atoms with van der Waals surface area (Å²) in [5.41, 5.74) is 0.552. The molecule has 0 bridgehead atoms. The van der Waals surface area contributed by atoms with Gasteiger partial charge in [-0.2, -0.15) is 9.78 Å². The topological polar surface area (TPSA) is 99.6 Å². The van der Waals surface area contributed by atoms with Gasteiger partial charge in [0.15, 0.2) is 0 Å². The average Bonchev–Trinajstić information content (AvgIpc) is 2.79. The molecule has 3 aromatic rings. The maximum absolute atomic E-state index is 13.2. The first-order valence-corrected chi connectivity index (χ1v) is 12.2. The van der Waals surface area contributed by atoms with Crippen LogP contribution in [0.4, 0.5) is 5.69 Å². The monoisotopic (exact) mass is 578 g/mol. The minimum atomic E-state index is -0.494. The van der Waals surface area contributed by atoms with Gasteiger partial charge in [0.25, 0.3) is 5.56 Å². The van der Waals surface area contributed by atoms with E-state index in [1.54, 1.807) is 18.2 Å². The summed E-state index contributed by atoms with van der Waals surface area (Å²) in [4.78, 5) is 29.1. The summed E-state index contributed by atoms with van der Waals surface area (Å²) in [6.07, 6.45) is 2.71. The van der Waals surface area contributed by atoms with Crippen LogP contribution in [0.15, 0.2) is 49.2 Å². The van der Waals surface area contributed by atoms with Crippen LogP contribution in [-0.2, 0) is 0 Å². The number of nitro benzene ring substituents is 1. The number of nitro groups is 1. The standard InChI is InChI=1S/C23H24Br2N4O4/c1-5-13(3)22-27-19-8-7-16(24)11-17(19)23(30)28(22)26-12-15-9-18(25)21(33-14(4)6-2)20(10-15)29(31)32/h7-14H,5-6H2,1-4H3/t13-,14+/m1/s1. The Hall–Kier alpha value is -2.59. The highest BCUT2D eigenvalue weighted by atomic mass is 79.9. The second kappa shape index (κ2) is 10.6. The predicted molar refractivity (Wildman–Crippen MR) is 137 cm³/mol. The summed E-state index contributed by atoms with van der Waals surface area (Å²) in [5, 5.41) is 16.5. The van der Waals surface area contributed by atoms with Gasteiger partial charge in [-0.3, -0.25) is 14.9 Å². The molecular formula is C23H24Br2N4O4. The minimum Gasteiger partial charge on any atom is -0.483 e. The highest BCUT2D eigenvalue weighted by molar-refractivity contribution is 9.10. The van der Waals surface area contributed by atoms with Crippen LogP contribution in [0.25, 0.3) is 10.9 Å². The zero-order valence-electron chi connectivity index (χ0n) is 18.7. The lowest BCUT2D eigenvalue weighted by Crippen LogP contribution is -2.23. The van der Waals surface area contributed by atoms with Gasteiger partial charge in [0.2, 0.25) is 5.75 Å². The Labute approximate surface area is 208 Å². The van der Waals surface area contributed by atoms with Crippen molar-refractivity contribution in [1.29, 1.82) is 0 Å². The van der Waals surface area contributed by atoms with E-state index in [-0.39, 0.29) is 29.0 Å². The molecule has 2 atom stereocenters. The molecule has 33 heavy (non-hydrogen) atoms. The summed E-state index contributed by atoms with van der Waals surface area (Å²) in [6, 6.07) is 8.39. The highest BCUT2D eigenvalue weighted by Crippen LogP contribution is 2.37. The molecule has 174 valence electrons. The molecule has 2 aromatic carbocycles. The first-order chi connectivity index (χ1) is 15.7. The van der Waals surface area contributed by atoms with Crippen molar-refractivity contribution in [3.63, 3.8) is 0 Å². The molecule has 0 amide bonds. The molecular weight excluding hydrogens is 556 g/mol. The number of fused-ring (bicyclic) bond motifs is 1. The maximum Gasteiger partial charge on any atom is 0.312 e. The summed E-state index contributed by atoms with van der Waals surface area (Å²) >= 11 is 6.77. The lowest BCUT2D eigenvalue weighted by atomic mass is 10.1. The molecule has 0 fully saturated rings. The Morgan fingerprint density at radius 1 is 1.21 bits per heavy atom. The van der Waals surface area contributed by atoms with Crippen molar-refractivity contribution < 1.29 is 9.66 Å². The molecule has 8 nitrogen and oxygen atoms in total. The molecule has 0 aliphatic heterocycles. The molecule has 0 aliphatic carbocycles. The van der Waals surface area contributed by atoms with Crippen LogP contribution in [0, 0.1) is 10.1 Å². The average molecular weight is 580 g/mol. The number of rotatable bonds is 8. The van der Waals surface area contributed by atoms with Gasteiger partial charge in [0, 0.05) is 22.0 Å². The second-order valence-corrected chi connectivity index (χ2v) is 9.52. The third-order valence-corrected chi connectivity index (χ3v) is 6.43. The summed E-state index contributed by atoms with van der Waals surface area (Å²) in [7, 11) is 0. The van der Waals surface area contributed by atoms with E-state index in [2.05, 4.69) is 41.9 Å². The van der Waals surface area contributed by atoms with E-state index < -0.39 is 4.92 Å². The van der Waals surface area contributed by atoms with Gasteiger partial charge in [-0.1, -0.05) is 36.7 Å². The largest absolute Gasteiger partial charge is 0.483 e. The number of halogens is 2. The maximum atomic E-state index is 13.2. The Balaban J connectivity index is 2.14. The van der Waals surface area contributed by atoms with Crippen molar-refractivity contribution in [3.05, 3.63) is 71.1 Å². The van der Waals surface area contributed by atoms with Crippen molar-refractivity contribution in [2.75, 3.05) is 0 Å². The van der Waals surface area contributed by atoms with Crippen LogP contribution >= 0.6 is 31.9 Å². The van der Waals surface area contributed by atoms with E-state index in [1.165, 1.54) is 17.0 Å². The Morgan fingerprint density at radius 3 is 2.58 bits per heavy atom. The van der Waals surface area contributed by atoms with Crippen molar-refractivity contribution >= 4 is 54.7 Å². The molecule has 3 rings (SSSR count). The zero-order valence-corrected chi connectivity index (χ0v) is 21.9. The fourth-order valence-electron chi connectivity index (χ4n) is 3.11. The lowest BCUT2D eigenvalue weighted by molar-refractivity contribution is -0.386. The van der Waals surface area contributed by atoms with Gasteiger partial charge in [0.1, 0.15) is 5.82 Å². The number of hydrogen-bond donors (Lipinski definition) is 0. The van der Waals surface area contributed by atoms with Crippen LogP contribution in [0.1, 0.15) is 57.8 Å². The molecule has 1 heterocycles. The van der Waals surface area contributed by atoms with E-state index in [4.69, 9.17) is 4.74 Å². The van der Waals surface area contributed by atoms with E-state index in [9.17, 15) is 14.9 Å². The van der Waals surface area contributed by atoms with Gasteiger partial charge in [-0.05, 0) is 60.0 Å². The molecule has 0 saturated heterocycles. The van der Waals surface area contributed by atoms with Crippen LogP contribution in [0.3, 0.4) is 0 Å². The molecule has 10 heteroatoms. The smallest absolute Gasteiger partial charge is 0.312 e. The molecule has 0 aliphatic rings. The van der Waals surface area contributed by atoms with E-state index in [0.717, 1.165) is 10.9 Å². The fourth-order valence-corrected chi connectivity index (χ4v) is 4.04. The third-order valence-electron chi connectivity index (χ3n) is 5.35. The SMILES string of the molecule is CC[C@@H](C)c1nc2ccc(Br)cc2c(=O)n1N=Cc1cc(Br)c(O[C@@H](C)CC)c([N+](=O)[O-])c1. The van der Waals surface area contributed by atoms with Crippen molar-refractivity contribution in [1.82, 2.24) is 9.66 Å². The molecule has 0 radical (unpaired) electrons. The fraction of sp³-hybridized carbons (Fsp3) is 0.348. The molecule has 0 spiro atoms. The van der Waals surface area contributed by atoms with Crippen LogP contribution < -0.4 is 10.3 Å².